The summed E-state index contributed by atoms with van der Waals surface area (Å²) < 4.78 is 1.86. The first-order valence-electron chi connectivity index (χ1n) is 6.60. The van der Waals surface area contributed by atoms with Crippen LogP contribution in [0.5, 0.6) is 0 Å². The average molecular weight is 292 g/mol. The lowest BCUT2D eigenvalue weighted by molar-refractivity contribution is -0.115. The van der Waals surface area contributed by atoms with Crippen LogP contribution in [0.1, 0.15) is 30.3 Å². The van der Waals surface area contributed by atoms with Gasteiger partial charge in [0.1, 0.15) is 0 Å². The molecule has 4 nitrogen and oxygen atoms in total. The van der Waals surface area contributed by atoms with Gasteiger partial charge in [-0.15, -0.1) is 0 Å². The molecule has 0 unspecified atom stereocenters. The van der Waals surface area contributed by atoms with Crippen LogP contribution < -0.4 is 5.32 Å². The summed E-state index contributed by atoms with van der Waals surface area (Å²) in [6, 6.07) is 7.69. The van der Waals surface area contributed by atoms with E-state index in [1.165, 1.54) is 0 Å². The average Bonchev–Trinajstić information content (AvgIpc) is 2.69. The molecule has 0 spiro atoms. The third kappa shape index (κ3) is 3.02. The zero-order chi connectivity index (χ0) is 14.7. The summed E-state index contributed by atoms with van der Waals surface area (Å²) in [5.41, 5.74) is 3.55. The molecule has 20 heavy (non-hydrogen) atoms. The first-order valence-corrected chi connectivity index (χ1v) is 6.98. The van der Waals surface area contributed by atoms with Gasteiger partial charge in [-0.05, 0) is 25.5 Å². The van der Waals surface area contributed by atoms with Crippen molar-refractivity contribution < 1.29 is 4.79 Å². The number of carbonyl (C=O) groups excluding carboxylic acids is 1. The van der Waals surface area contributed by atoms with Gasteiger partial charge in [0, 0.05) is 11.4 Å². The van der Waals surface area contributed by atoms with Crippen LogP contribution in [0, 0.1) is 13.8 Å². The Labute approximate surface area is 123 Å². The van der Waals surface area contributed by atoms with Crippen LogP contribution in [0.25, 0.3) is 0 Å². The molecule has 0 radical (unpaired) electrons. The quantitative estimate of drug-likeness (QED) is 0.936. The number of rotatable bonds is 4. The van der Waals surface area contributed by atoms with Crippen molar-refractivity contribution in [2.75, 3.05) is 5.32 Å². The first-order chi connectivity index (χ1) is 9.52. The van der Waals surface area contributed by atoms with Crippen molar-refractivity contribution >= 4 is 23.2 Å². The third-order valence-corrected chi connectivity index (χ3v) is 3.61. The molecular weight excluding hydrogens is 274 g/mol. The van der Waals surface area contributed by atoms with Crippen LogP contribution >= 0.6 is 11.6 Å². The van der Waals surface area contributed by atoms with E-state index in [9.17, 15) is 4.79 Å². The second-order valence-corrected chi connectivity index (χ2v) is 5.10. The molecule has 0 aliphatic rings. The molecule has 5 heteroatoms. The lowest BCUT2D eigenvalue weighted by atomic mass is 10.2. The van der Waals surface area contributed by atoms with Gasteiger partial charge in [0.25, 0.3) is 0 Å². The minimum absolute atomic E-state index is 0.00602. The molecule has 0 fully saturated rings. The van der Waals surface area contributed by atoms with Crippen LogP contribution in [0.2, 0.25) is 5.02 Å². The molecule has 1 heterocycles. The number of nitrogens with one attached hydrogen (secondary N) is 1. The van der Waals surface area contributed by atoms with E-state index in [0.717, 1.165) is 27.7 Å². The van der Waals surface area contributed by atoms with Crippen LogP contribution in [0.3, 0.4) is 0 Å². The Morgan fingerprint density at radius 3 is 2.70 bits per heavy atom. The maximum absolute atomic E-state index is 11.5. The zero-order valence-electron chi connectivity index (χ0n) is 11.9. The van der Waals surface area contributed by atoms with Crippen molar-refractivity contribution in [1.82, 2.24) is 9.78 Å². The number of aromatic nitrogens is 2. The van der Waals surface area contributed by atoms with Crippen molar-refractivity contribution in [1.29, 1.82) is 0 Å². The van der Waals surface area contributed by atoms with Gasteiger partial charge in [-0.3, -0.25) is 9.48 Å². The van der Waals surface area contributed by atoms with Crippen LogP contribution in [-0.4, -0.2) is 15.7 Å². The molecular formula is C15H18ClN3O. The van der Waals surface area contributed by atoms with Crippen LogP contribution in [0.15, 0.2) is 24.3 Å². The number of hydrogen-bond donors (Lipinski definition) is 1. The molecule has 0 bridgehead atoms. The molecule has 1 N–H and O–H groups in total. The van der Waals surface area contributed by atoms with Crippen molar-refractivity contribution in [3.05, 3.63) is 46.2 Å². The summed E-state index contributed by atoms with van der Waals surface area (Å²) in [4.78, 5) is 11.5. The molecule has 0 aliphatic heterocycles. The molecule has 0 aliphatic carbocycles. The molecule has 1 aromatic carbocycles. The molecule has 2 rings (SSSR count). The van der Waals surface area contributed by atoms with Crippen molar-refractivity contribution in [3.8, 4) is 0 Å². The Hall–Kier alpha value is -1.81. The Balaban J connectivity index is 2.28. The molecule has 1 aromatic heterocycles. The SMILES string of the molecule is CCC(=O)Nc1c(C)nn(Cc2ccccc2Cl)c1C. The van der Waals surface area contributed by atoms with E-state index in [1.807, 2.05) is 49.7 Å². The molecule has 1 amide bonds. The Bertz CT molecular complexity index is 634. The van der Waals surface area contributed by atoms with E-state index in [1.54, 1.807) is 0 Å². The van der Waals surface area contributed by atoms with E-state index < -0.39 is 0 Å². The van der Waals surface area contributed by atoms with E-state index in [2.05, 4.69) is 10.4 Å². The molecule has 2 aromatic rings. The van der Waals surface area contributed by atoms with E-state index in [4.69, 9.17) is 11.6 Å². The molecule has 0 saturated heterocycles. The number of aryl methyl sites for hydroxylation is 1. The van der Waals surface area contributed by atoms with Gasteiger partial charge in [-0.1, -0.05) is 36.7 Å². The lowest BCUT2D eigenvalue weighted by Gasteiger charge is -2.07. The summed E-state index contributed by atoms with van der Waals surface area (Å²) in [5, 5.41) is 8.09. The highest BCUT2D eigenvalue weighted by Crippen LogP contribution is 2.22. The fourth-order valence-electron chi connectivity index (χ4n) is 2.05. The van der Waals surface area contributed by atoms with Gasteiger partial charge < -0.3 is 5.32 Å². The maximum Gasteiger partial charge on any atom is 0.224 e. The number of nitrogens with zero attached hydrogens (tertiary/aromatic N) is 2. The first kappa shape index (κ1) is 14.6. The number of carbonyl (C=O) groups is 1. The van der Waals surface area contributed by atoms with E-state index in [-0.39, 0.29) is 5.91 Å². The summed E-state index contributed by atoms with van der Waals surface area (Å²) in [6.45, 7) is 6.26. The number of amides is 1. The van der Waals surface area contributed by atoms with Gasteiger partial charge in [0.2, 0.25) is 5.91 Å². The number of benzene rings is 1. The smallest absolute Gasteiger partial charge is 0.224 e. The van der Waals surface area contributed by atoms with Crippen molar-refractivity contribution in [2.24, 2.45) is 0 Å². The Kier molecular flexibility index (Phi) is 4.45. The number of anilines is 1. The predicted octanol–water partition coefficient (Wildman–Crippen LogP) is 3.55. The summed E-state index contributed by atoms with van der Waals surface area (Å²) in [6.07, 6.45) is 0.453. The highest BCUT2D eigenvalue weighted by molar-refractivity contribution is 6.31. The van der Waals surface area contributed by atoms with Crippen molar-refractivity contribution in [2.45, 2.75) is 33.7 Å². The molecule has 0 atom stereocenters. The predicted molar refractivity (Wildman–Crippen MR) is 81.2 cm³/mol. The normalized spacial score (nSPS) is 10.6. The minimum atomic E-state index is -0.00602. The van der Waals surface area contributed by atoms with Crippen molar-refractivity contribution in [3.63, 3.8) is 0 Å². The summed E-state index contributed by atoms with van der Waals surface area (Å²) >= 11 is 6.17. The Morgan fingerprint density at radius 2 is 2.05 bits per heavy atom. The van der Waals surface area contributed by atoms with Crippen LogP contribution in [0.4, 0.5) is 5.69 Å². The fraction of sp³-hybridized carbons (Fsp3) is 0.333. The van der Waals surface area contributed by atoms with Gasteiger partial charge in [0.05, 0.1) is 23.6 Å². The summed E-state index contributed by atoms with van der Waals surface area (Å²) in [5.74, 6) is -0.00602. The van der Waals surface area contributed by atoms with Gasteiger partial charge in [0.15, 0.2) is 0 Å². The van der Waals surface area contributed by atoms with E-state index in [0.29, 0.717) is 13.0 Å². The monoisotopic (exact) mass is 291 g/mol. The van der Waals surface area contributed by atoms with Gasteiger partial charge in [-0.2, -0.15) is 5.10 Å². The Morgan fingerprint density at radius 1 is 1.35 bits per heavy atom. The maximum atomic E-state index is 11.5. The summed E-state index contributed by atoms with van der Waals surface area (Å²) in [7, 11) is 0. The zero-order valence-corrected chi connectivity index (χ0v) is 12.7. The van der Waals surface area contributed by atoms with Gasteiger partial charge in [-0.25, -0.2) is 0 Å². The molecule has 106 valence electrons. The number of halogens is 1. The van der Waals surface area contributed by atoms with E-state index >= 15 is 0 Å². The number of hydrogen-bond acceptors (Lipinski definition) is 2. The second-order valence-electron chi connectivity index (χ2n) is 4.70. The van der Waals surface area contributed by atoms with Gasteiger partial charge >= 0.3 is 0 Å². The van der Waals surface area contributed by atoms with Crippen LogP contribution in [-0.2, 0) is 11.3 Å². The molecule has 0 saturated carbocycles. The highest BCUT2D eigenvalue weighted by Gasteiger charge is 2.14. The minimum Gasteiger partial charge on any atom is -0.323 e. The lowest BCUT2D eigenvalue weighted by Crippen LogP contribution is -2.11. The fourth-order valence-corrected chi connectivity index (χ4v) is 2.24. The third-order valence-electron chi connectivity index (χ3n) is 3.24. The standard InChI is InChI=1S/C15H18ClN3O/c1-4-14(20)17-15-10(2)18-19(11(15)3)9-12-7-5-6-8-13(12)16/h5-8H,4,9H2,1-3H3,(H,17,20). The topological polar surface area (TPSA) is 46.9 Å². The highest BCUT2D eigenvalue weighted by atomic mass is 35.5. The second kappa shape index (κ2) is 6.09. The largest absolute Gasteiger partial charge is 0.323 e.